The van der Waals surface area contributed by atoms with Crippen LogP contribution in [0.15, 0.2) is 0 Å². The fraction of sp³-hybridized carbons (Fsp3) is 0.765. The van der Waals surface area contributed by atoms with Crippen molar-refractivity contribution in [1.82, 2.24) is 15.3 Å². The molecular weight excluding hydrogens is 246 g/mol. The highest BCUT2D eigenvalue weighted by Crippen LogP contribution is 2.18. The van der Waals surface area contributed by atoms with Crippen LogP contribution < -0.4 is 5.32 Å². The lowest BCUT2D eigenvalue weighted by molar-refractivity contribution is 0.380. The summed E-state index contributed by atoms with van der Waals surface area (Å²) in [5.74, 6) is 1.94. The molecular formula is C17H31N3. The summed E-state index contributed by atoms with van der Waals surface area (Å²) >= 11 is 0. The van der Waals surface area contributed by atoms with Gasteiger partial charge in [0.15, 0.2) is 0 Å². The largest absolute Gasteiger partial charge is 0.312 e. The molecule has 0 saturated carbocycles. The van der Waals surface area contributed by atoms with Crippen molar-refractivity contribution in [2.24, 2.45) is 5.92 Å². The third-order valence-corrected chi connectivity index (χ3v) is 3.49. The number of nitrogens with one attached hydrogen (secondary N) is 1. The third-order valence-electron chi connectivity index (χ3n) is 3.49. The number of rotatable bonds is 5. The number of hydrogen-bond donors (Lipinski definition) is 1. The van der Waals surface area contributed by atoms with Crippen LogP contribution in [0.4, 0.5) is 0 Å². The first kappa shape index (κ1) is 17.1. The van der Waals surface area contributed by atoms with Gasteiger partial charge in [0.25, 0.3) is 0 Å². The van der Waals surface area contributed by atoms with E-state index in [0.717, 1.165) is 30.2 Å². The zero-order valence-electron chi connectivity index (χ0n) is 14.5. The van der Waals surface area contributed by atoms with Crippen molar-refractivity contribution < 1.29 is 0 Å². The quantitative estimate of drug-likeness (QED) is 0.890. The van der Waals surface area contributed by atoms with Gasteiger partial charge in [-0.1, -0.05) is 20.8 Å². The van der Waals surface area contributed by atoms with Crippen LogP contribution in [0.2, 0.25) is 0 Å². The first-order valence-electron chi connectivity index (χ1n) is 7.69. The molecule has 0 aliphatic heterocycles. The van der Waals surface area contributed by atoms with Crippen molar-refractivity contribution in [3.63, 3.8) is 0 Å². The summed E-state index contributed by atoms with van der Waals surface area (Å²) in [4.78, 5) is 9.33. The van der Waals surface area contributed by atoms with Gasteiger partial charge in [0, 0.05) is 22.8 Å². The molecule has 0 aromatic carbocycles. The van der Waals surface area contributed by atoms with Crippen LogP contribution in [0.3, 0.4) is 0 Å². The third kappa shape index (κ3) is 5.20. The monoisotopic (exact) mass is 277 g/mol. The highest BCUT2D eigenvalue weighted by molar-refractivity contribution is 5.25. The second-order valence-electron chi connectivity index (χ2n) is 7.33. The van der Waals surface area contributed by atoms with Gasteiger partial charge >= 0.3 is 0 Å². The minimum absolute atomic E-state index is 0.177. The lowest BCUT2D eigenvalue weighted by atomic mass is 9.97. The molecule has 0 aliphatic carbocycles. The van der Waals surface area contributed by atoms with E-state index in [4.69, 9.17) is 0 Å². The second kappa shape index (κ2) is 6.66. The van der Waals surface area contributed by atoms with Crippen molar-refractivity contribution in [1.29, 1.82) is 0 Å². The molecule has 1 rings (SSSR count). The van der Waals surface area contributed by atoms with E-state index in [1.165, 1.54) is 5.56 Å². The second-order valence-corrected chi connectivity index (χ2v) is 7.33. The van der Waals surface area contributed by atoms with E-state index < -0.39 is 0 Å². The van der Waals surface area contributed by atoms with Gasteiger partial charge < -0.3 is 5.32 Å². The predicted octanol–water partition coefficient (Wildman–Crippen LogP) is 3.78. The Morgan fingerprint density at radius 2 is 1.50 bits per heavy atom. The first-order chi connectivity index (χ1) is 9.10. The van der Waals surface area contributed by atoms with Crippen LogP contribution in [-0.4, -0.2) is 22.1 Å². The maximum absolute atomic E-state index is 4.66. The lowest BCUT2D eigenvalue weighted by Gasteiger charge is -2.24. The highest BCUT2D eigenvalue weighted by atomic mass is 14.9. The molecule has 114 valence electrons. The van der Waals surface area contributed by atoms with Gasteiger partial charge in [-0.15, -0.1) is 0 Å². The smallest absolute Gasteiger partial charge is 0.131 e. The average Bonchev–Trinajstić information content (AvgIpc) is 2.30. The van der Waals surface area contributed by atoms with E-state index >= 15 is 0 Å². The molecule has 1 unspecified atom stereocenters. The zero-order chi connectivity index (χ0) is 15.5. The van der Waals surface area contributed by atoms with Gasteiger partial charge in [0.05, 0.1) is 0 Å². The average molecular weight is 277 g/mol. The zero-order valence-corrected chi connectivity index (χ0v) is 14.5. The van der Waals surface area contributed by atoms with Crippen LogP contribution in [0.1, 0.15) is 70.2 Å². The molecule has 1 heterocycles. The van der Waals surface area contributed by atoms with Gasteiger partial charge in [0.1, 0.15) is 5.82 Å². The summed E-state index contributed by atoms with van der Waals surface area (Å²) in [6.45, 7) is 18.4. The summed E-state index contributed by atoms with van der Waals surface area (Å²) in [5, 5.41) is 3.57. The Balaban J connectivity index is 2.77. The predicted molar refractivity (Wildman–Crippen MR) is 86.2 cm³/mol. The standard InChI is InChI=1S/C17H31N3/c1-11(2)16-19-13(4)15(14(5)20-16)9-12(3)10-18-17(6,7)8/h11-12,18H,9-10H2,1-8H3. The summed E-state index contributed by atoms with van der Waals surface area (Å²) < 4.78 is 0. The van der Waals surface area contributed by atoms with Gasteiger partial charge in [0.2, 0.25) is 0 Å². The van der Waals surface area contributed by atoms with E-state index in [1.54, 1.807) is 0 Å². The molecule has 3 nitrogen and oxygen atoms in total. The molecule has 0 spiro atoms. The van der Waals surface area contributed by atoms with Crippen LogP contribution in [0, 0.1) is 19.8 Å². The number of aromatic nitrogens is 2. The van der Waals surface area contributed by atoms with Gasteiger partial charge in [-0.05, 0) is 59.1 Å². The Hall–Kier alpha value is -0.960. The van der Waals surface area contributed by atoms with E-state index in [9.17, 15) is 0 Å². The molecule has 0 aliphatic rings. The van der Waals surface area contributed by atoms with Gasteiger partial charge in [-0.2, -0.15) is 0 Å². The Kier molecular flexibility index (Phi) is 5.69. The topological polar surface area (TPSA) is 37.8 Å². The molecule has 1 aromatic heterocycles. The van der Waals surface area contributed by atoms with Crippen molar-refractivity contribution >= 4 is 0 Å². The van der Waals surface area contributed by atoms with E-state index in [0.29, 0.717) is 11.8 Å². The molecule has 0 bridgehead atoms. The van der Waals surface area contributed by atoms with E-state index in [2.05, 4.69) is 70.7 Å². The molecule has 0 saturated heterocycles. The fourth-order valence-electron chi connectivity index (χ4n) is 2.22. The minimum atomic E-state index is 0.177. The summed E-state index contributed by atoms with van der Waals surface area (Å²) in [5.41, 5.74) is 3.78. The normalized spacial score (nSPS) is 13.8. The van der Waals surface area contributed by atoms with Crippen LogP contribution >= 0.6 is 0 Å². The molecule has 0 radical (unpaired) electrons. The Morgan fingerprint density at radius 1 is 1.00 bits per heavy atom. The molecule has 0 amide bonds. The Morgan fingerprint density at radius 3 is 1.90 bits per heavy atom. The molecule has 3 heteroatoms. The van der Waals surface area contributed by atoms with Crippen LogP contribution in [0.25, 0.3) is 0 Å². The van der Waals surface area contributed by atoms with Crippen molar-refractivity contribution in [3.05, 3.63) is 22.8 Å². The van der Waals surface area contributed by atoms with Crippen LogP contribution in [-0.2, 0) is 6.42 Å². The van der Waals surface area contributed by atoms with Crippen molar-refractivity contribution in [3.8, 4) is 0 Å². The lowest BCUT2D eigenvalue weighted by Crippen LogP contribution is -2.39. The van der Waals surface area contributed by atoms with Crippen molar-refractivity contribution in [2.75, 3.05) is 6.54 Å². The summed E-state index contributed by atoms with van der Waals surface area (Å²) in [6.07, 6.45) is 1.04. The Labute approximate surface area is 124 Å². The number of nitrogens with zero attached hydrogens (tertiary/aromatic N) is 2. The van der Waals surface area contributed by atoms with Crippen molar-refractivity contribution in [2.45, 2.75) is 73.3 Å². The summed E-state index contributed by atoms with van der Waals surface area (Å²) in [6, 6.07) is 0. The number of aryl methyl sites for hydroxylation is 2. The minimum Gasteiger partial charge on any atom is -0.312 e. The SMILES string of the molecule is Cc1nc(C(C)C)nc(C)c1CC(C)CNC(C)(C)C. The first-order valence-corrected chi connectivity index (χ1v) is 7.69. The van der Waals surface area contributed by atoms with E-state index in [-0.39, 0.29) is 5.54 Å². The maximum atomic E-state index is 4.66. The molecule has 1 aromatic rings. The molecule has 0 fully saturated rings. The van der Waals surface area contributed by atoms with Gasteiger partial charge in [-0.3, -0.25) is 0 Å². The Bertz CT molecular complexity index is 421. The molecule has 1 N–H and O–H groups in total. The highest BCUT2D eigenvalue weighted by Gasteiger charge is 2.15. The number of hydrogen-bond acceptors (Lipinski definition) is 3. The van der Waals surface area contributed by atoms with E-state index in [1.807, 2.05) is 0 Å². The molecule has 20 heavy (non-hydrogen) atoms. The van der Waals surface area contributed by atoms with Gasteiger partial charge in [-0.25, -0.2) is 9.97 Å². The molecule has 1 atom stereocenters. The van der Waals surface area contributed by atoms with Crippen LogP contribution in [0.5, 0.6) is 0 Å². The summed E-state index contributed by atoms with van der Waals surface area (Å²) in [7, 11) is 0. The fourth-order valence-corrected chi connectivity index (χ4v) is 2.22. The maximum Gasteiger partial charge on any atom is 0.131 e.